The fraction of sp³-hybridized carbons (Fsp3) is 0.308. The summed E-state index contributed by atoms with van der Waals surface area (Å²) in [5.74, 6) is 0.816. The molecular formula is C13H16BrN3O. The van der Waals surface area contributed by atoms with Crippen LogP contribution in [0.25, 0.3) is 0 Å². The van der Waals surface area contributed by atoms with Crippen molar-refractivity contribution >= 4 is 27.6 Å². The number of benzene rings is 1. The summed E-state index contributed by atoms with van der Waals surface area (Å²) in [6.07, 6.45) is 3.71. The highest BCUT2D eigenvalue weighted by molar-refractivity contribution is 9.10. The van der Waals surface area contributed by atoms with E-state index in [4.69, 9.17) is 4.74 Å². The molecule has 0 saturated carbocycles. The molecule has 18 heavy (non-hydrogen) atoms. The molecule has 0 fully saturated rings. The van der Waals surface area contributed by atoms with Crippen LogP contribution in [0.1, 0.15) is 5.56 Å². The maximum atomic E-state index is 5.07. The molecule has 5 heteroatoms. The number of nitrogens with zero attached hydrogens (tertiary/aromatic N) is 2. The molecule has 0 bridgehead atoms. The summed E-state index contributed by atoms with van der Waals surface area (Å²) in [4.78, 5) is 4.30. The van der Waals surface area contributed by atoms with Gasteiger partial charge in [-0.25, -0.2) is 4.98 Å². The van der Waals surface area contributed by atoms with Crippen LogP contribution in [0.4, 0.5) is 11.6 Å². The molecule has 1 N–H and O–H groups in total. The van der Waals surface area contributed by atoms with Crippen molar-refractivity contribution in [3.05, 3.63) is 40.6 Å². The van der Waals surface area contributed by atoms with E-state index in [-0.39, 0.29) is 0 Å². The number of hydrogen-bond acceptors (Lipinski definition) is 3. The predicted molar refractivity (Wildman–Crippen MR) is 76.3 cm³/mol. The smallest absolute Gasteiger partial charge is 0.207 e. The molecular weight excluding hydrogens is 294 g/mol. The third-order valence-electron chi connectivity index (χ3n) is 2.62. The lowest BCUT2D eigenvalue weighted by molar-refractivity contribution is 0.188. The van der Waals surface area contributed by atoms with Gasteiger partial charge in [0.05, 0.1) is 12.3 Å². The first kappa shape index (κ1) is 13.1. The third-order valence-corrected chi connectivity index (χ3v) is 3.28. The van der Waals surface area contributed by atoms with Crippen LogP contribution < -0.4 is 5.32 Å². The molecule has 1 aromatic carbocycles. The fourth-order valence-corrected chi connectivity index (χ4v) is 2.24. The van der Waals surface area contributed by atoms with Gasteiger partial charge in [0.1, 0.15) is 0 Å². The molecule has 0 aliphatic carbocycles. The van der Waals surface area contributed by atoms with Crippen LogP contribution in [0.5, 0.6) is 0 Å². The normalized spacial score (nSPS) is 10.6. The van der Waals surface area contributed by atoms with Gasteiger partial charge in [-0.3, -0.25) is 0 Å². The van der Waals surface area contributed by atoms with E-state index < -0.39 is 0 Å². The van der Waals surface area contributed by atoms with Gasteiger partial charge in [0.25, 0.3) is 0 Å². The Morgan fingerprint density at radius 2 is 2.28 bits per heavy atom. The van der Waals surface area contributed by atoms with Crippen LogP contribution >= 0.6 is 15.9 Å². The van der Waals surface area contributed by atoms with E-state index in [0.29, 0.717) is 6.61 Å². The lowest BCUT2D eigenvalue weighted by Crippen LogP contribution is -2.07. The first-order valence-electron chi connectivity index (χ1n) is 5.74. The van der Waals surface area contributed by atoms with Gasteiger partial charge >= 0.3 is 0 Å². The average Bonchev–Trinajstić information content (AvgIpc) is 2.77. The fourth-order valence-electron chi connectivity index (χ4n) is 1.65. The first-order chi connectivity index (χ1) is 8.70. The molecule has 0 saturated heterocycles. The Morgan fingerprint density at radius 3 is 3.00 bits per heavy atom. The number of aromatic nitrogens is 2. The van der Waals surface area contributed by atoms with Gasteiger partial charge in [0, 0.05) is 30.5 Å². The number of anilines is 2. The molecule has 96 valence electrons. The Hall–Kier alpha value is -1.33. The maximum Gasteiger partial charge on any atom is 0.207 e. The summed E-state index contributed by atoms with van der Waals surface area (Å²) in [6.45, 7) is 3.51. The average molecular weight is 310 g/mol. The molecule has 1 heterocycles. The van der Waals surface area contributed by atoms with E-state index in [1.165, 1.54) is 5.56 Å². The van der Waals surface area contributed by atoms with Gasteiger partial charge < -0.3 is 14.6 Å². The van der Waals surface area contributed by atoms with Crippen molar-refractivity contribution in [2.45, 2.75) is 13.5 Å². The van der Waals surface area contributed by atoms with Crippen molar-refractivity contribution in [1.29, 1.82) is 0 Å². The Kier molecular flexibility index (Phi) is 4.38. The van der Waals surface area contributed by atoms with Gasteiger partial charge in [-0.15, -0.1) is 0 Å². The maximum absolute atomic E-state index is 5.07. The van der Waals surface area contributed by atoms with Crippen molar-refractivity contribution in [1.82, 2.24) is 9.55 Å². The highest BCUT2D eigenvalue weighted by Crippen LogP contribution is 2.26. The minimum atomic E-state index is 0.667. The van der Waals surface area contributed by atoms with Crippen LogP contribution in [0.2, 0.25) is 0 Å². The molecule has 0 unspecified atom stereocenters. The molecule has 0 radical (unpaired) electrons. The zero-order valence-electron chi connectivity index (χ0n) is 10.5. The van der Waals surface area contributed by atoms with E-state index in [1.807, 2.05) is 16.8 Å². The number of hydrogen-bond donors (Lipinski definition) is 1. The Balaban J connectivity index is 2.15. The van der Waals surface area contributed by atoms with Crippen LogP contribution in [-0.2, 0) is 11.3 Å². The molecule has 2 aromatic rings. The number of halogens is 1. The molecule has 1 aromatic heterocycles. The quantitative estimate of drug-likeness (QED) is 0.920. The number of rotatable bonds is 5. The standard InChI is InChI=1S/C13H16BrN3O/c1-10-3-4-12(11(14)9-10)16-13-15-5-6-17(13)7-8-18-2/h3-6,9H,7-8H2,1-2H3,(H,15,16). The highest BCUT2D eigenvalue weighted by atomic mass is 79.9. The molecule has 0 amide bonds. The largest absolute Gasteiger partial charge is 0.383 e. The van der Waals surface area contributed by atoms with Crippen molar-refractivity contribution in [2.24, 2.45) is 0 Å². The van der Waals surface area contributed by atoms with E-state index >= 15 is 0 Å². The van der Waals surface area contributed by atoms with Gasteiger partial charge in [-0.05, 0) is 40.5 Å². The lowest BCUT2D eigenvalue weighted by atomic mass is 10.2. The van der Waals surface area contributed by atoms with Crippen LogP contribution in [0.3, 0.4) is 0 Å². The minimum Gasteiger partial charge on any atom is -0.383 e. The summed E-state index contributed by atoms with van der Waals surface area (Å²) in [6, 6.07) is 6.18. The SMILES string of the molecule is COCCn1ccnc1Nc1ccc(C)cc1Br. The number of methoxy groups -OCH3 is 1. The second-order valence-corrected chi connectivity index (χ2v) is 4.90. The van der Waals surface area contributed by atoms with Gasteiger partial charge in [-0.2, -0.15) is 0 Å². The summed E-state index contributed by atoms with van der Waals surface area (Å²) in [5.41, 5.74) is 2.22. The van der Waals surface area contributed by atoms with E-state index in [2.05, 4.69) is 45.3 Å². The minimum absolute atomic E-state index is 0.667. The zero-order chi connectivity index (χ0) is 13.0. The highest BCUT2D eigenvalue weighted by Gasteiger charge is 2.05. The second kappa shape index (κ2) is 6.02. The summed E-state index contributed by atoms with van der Waals surface area (Å²) >= 11 is 3.55. The van der Waals surface area contributed by atoms with Crippen LogP contribution in [0, 0.1) is 6.92 Å². The molecule has 4 nitrogen and oxygen atoms in total. The lowest BCUT2D eigenvalue weighted by Gasteiger charge is -2.11. The van der Waals surface area contributed by atoms with E-state index in [0.717, 1.165) is 22.7 Å². The predicted octanol–water partition coefficient (Wildman–Crippen LogP) is 3.34. The van der Waals surface area contributed by atoms with E-state index in [9.17, 15) is 0 Å². The first-order valence-corrected chi connectivity index (χ1v) is 6.53. The van der Waals surface area contributed by atoms with E-state index in [1.54, 1.807) is 13.3 Å². The van der Waals surface area contributed by atoms with Gasteiger partial charge in [0.15, 0.2) is 0 Å². The molecule has 0 aliphatic heterocycles. The number of aryl methyl sites for hydroxylation is 1. The van der Waals surface area contributed by atoms with Crippen molar-refractivity contribution in [3.63, 3.8) is 0 Å². The second-order valence-electron chi connectivity index (χ2n) is 4.05. The number of ether oxygens (including phenoxy) is 1. The third kappa shape index (κ3) is 3.11. The summed E-state index contributed by atoms with van der Waals surface area (Å²) < 4.78 is 8.13. The van der Waals surface area contributed by atoms with Crippen LogP contribution in [0.15, 0.2) is 35.1 Å². The Bertz CT molecular complexity index is 525. The van der Waals surface area contributed by atoms with Crippen molar-refractivity contribution in [2.75, 3.05) is 19.0 Å². The zero-order valence-corrected chi connectivity index (χ0v) is 12.1. The van der Waals surface area contributed by atoms with Gasteiger partial charge in [0.2, 0.25) is 5.95 Å². The van der Waals surface area contributed by atoms with Crippen LogP contribution in [-0.4, -0.2) is 23.3 Å². The Labute approximate surface area is 115 Å². The Morgan fingerprint density at radius 1 is 1.44 bits per heavy atom. The number of imidazole rings is 1. The molecule has 0 atom stereocenters. The van der Waals surface area contributed by atoms with Gasteiger partial charge in [-0.1, -0.05) is 6.07 Å². The monoisotopic (exact) mass is 309 g/mol. The molecule has 0 aliphatic rings. The summed E-state index contributed by atoms with van der Waals surface area (Å²) in [7, 11) is 1.70. The number of nitrogens with one attached hydrogen (secondary N) is 1. The van der Waals surface area contributed by atoms with Crippen molar-refractivity contribution < 1.29 is 4.74 Å². The van der Waals surface area contributed by atoms with Crippen molar-refractivity contribution in [3.8, 4) is 0 Å². The molecule has 0 spiro atoms. The molecule has 2 rings (SSSR count). The summed E-state index contributed by atoms with van der Waals surface area (Å²) in [5, 5.41) is 3.31. The topological polar surface area (TPSA) is 39.1 Å².